The van der Waals surface area contributed by atoms with Crippen LogP contribution in [0.3, 0.4) is 0 Å². The SMILES string of the molecule is Cl.c1cc(-c2nc(CN3C[C@H]4CNC[C@H]4C3)cs2)cs1. The normalized spacial score (nSPS) is 25.6. The fourth-order valence-corrected chi connectivity index (χ4v) is 4.73. The van der Waals surface area contributed by atoms with Crippen LogP contribution < -0.4 is 5.32 Å². The van der Waals surface area contributed by atoms with E-state index in [0.717, 1.165) is 23.4 Å². The van der Waals surface area contributed by atoms with Gasteiger partial charge in [0.05, 0.1) is 5.69 Å². The molecule has 0 aromatic carbocycles. The monoisotopic (exact) mass is 327 g/mol. The molecule has 0 aliphatic carbocycles. The summed E-state index contributed by atoms with van der Waals surface area (Å²) in [4.78, 5) is 7.35. The quantitative estimate of drug-likeness (QED) is 0.939. The highest BCUT2D eigenvalue weighted by atomic mass is 35.5. The Labute approximate surface area is 133 Å². The van der Waals surface area contributed by atoms with Crippen molar-refractivity contribution in [2.45, 2.75) is 6.54 Å². The second kappa shape index (κ2) is 6.12. The number of halogens is 1. The Bertz CT molecular complexity index is 543. The smallest absolute Gasteiger partial charge is 0.124 e. The van der Waals surface area contributed by atoms with Crippen LogP contribution in [0.4, 0.5) is 0 Å². The number of nitrogens with one attached hydrogen (secondary N) is 1. The molecule has 0 spiro atoms. The zero-order valence-electron chi connectivity index (χ0n) is 11.1. The molecule has 0 unspecified atom stereocenters. The third kappa shape index (κ3) is 2.78. The molecule has 0 radical (unpaired) electrons. The van der Waals surface area contributed by atoms with Gasteiger partial charge in [-0.15, -0.1) is 23.7 Å². The van der Waals surface area contributed by atoms with E-state index in [1.54, 1.807) is 22.7 Å². The molecule has 0 bridgehead atoms. The summed E-state index contributed by atoms with van der Waals surface area (Å²) in [5.41, 5.74) is 2.50. The van der Waals surface area contributed by atoms with Gasteiger partial charge in [-0.2, -0.15) is 11.3 Å². The van der Waals surface area contributed by atoms with Gasteiger partial charge in [0, 0.05) is 36.0 Å². The van der Waals surface area contributed by atoms with Crippen molar-refractivity contribution in [2.24, 2.45) is 11.8 Å². The number of aromatic nitrogens is 1. The van der Waals surface area contributed by atoms with Crippen molar-refractivity contribution in [3.05, 3.63) is 27.9 Å². The first-order chi connectivity index (χ1) is 9.38. The fraction of sp³-hybridized carbons (Fsp3) is 0.500. The van der Waals surface area contributed by atoms with Crippen molar-refractivity contribution in [1.29, 1.82) is 0 Å². The van der Waals surface area contributed by atoms with Gasteiger partial charge in [-0.05, 0) is 36.4 Å². The van der Waals surface area contributed by atoms with Gasteiger partial charge in [0.2, 0.25) is 0 Å². The maximum atomic E-state index is 4.78. The Hall–Kier alpha value is -0.460. The third-order valence-corrected chi connectivity index (χ3v) is 5.79. The molecule has 3 nitrogen and oxygen atoms in total. The number of thiophene rings is 1. The predicted octanol–water partition coefficient (Wildman–Crippen LogP) is 2.94. The summed E-state index contributed by atoms with van der Waals surface area (Å²) in [7, 11) is 0. The molecule has 4 heterocycles. The molecule has 2 saturated heterocycles. The lowest BCUT2D eigenvalue weighted by Crippen LogP contribution is -2.25. The zero-order chi connectivity index (χ0) is 12.7. The average Bonchev–Trinajstić information content (AvgIpc) is 3.12. The highest BCUT2D eigenvalue weighted by Crippen LogP contribution is 2.29. The van der Waals surface area contributed by atoms with E-state index in [2.05, 4.69) is 32.4 Å². The number of fused-ring (bicyclic) bond motifs is 1. The molecule has 2 fully saturated rings. The fourth-order valence-electron chi connectivity index (χ4n) is 3.21. The van der Waals surface area contributed by atoms with E-state index in [0.29, 0.717) is 0 Å². The highest BCUT2D eigenvalue weighted by molar-refractivity contribution is 7.14. The van der Waals surface area contributed by atoms with Gasteiger partial charge in [-0.25, -0.2) is 4.98 Å². The molecule has 108 valence electrons. The second-order valence-corrected chi connectivity index (χ2v) is 7.17. The molecule has 4 rings (SSSR count). The Morgan fingerprint density at radius 2 is 2.05 bits per heavy atom. The van der Waals surface area contributed by atoms with Crippen molar-refractivity contribution in [2.75, 3.05) is 26.2 Å². The van der Waals surface area contributed by atoms with Crippen molar-refractivity contribution >= 4 is 35.1 Å². The summed E-state index contributed by atoms with van der Waals surface area (Å²) in [6.07, 6.45) is 0. The molecule has 2 aromatic heterocycles. The maximum Gasteiger partial charge on any atom is 0.124 e. The molecule has 2 aromatic rings. The zero-order valence-corrected chi connectivity index (χ0v) is 13.6. The first kappa shape index (κ1) is 14.5. The third-order valence-electron chi connectivity index (χ3n) is 4.17. The van der Waals surface area contributed by atoms with Crippen LogP contribution in [-0.2, 0) is 6.54 Å². The molecule has 2 atom stereocenters. The van der Waals surface area contributed by atoms with E-state index >= 15 is 0 Å². The first-order valence-corrected chi connectivity index (χ1v) is 8.61. The molecule has 20 heavy (non-hydrogen) atoms. The second-order valence-electron chi connectivity index (χ2n) is 5.53. The molecule has 2 aliphatic rings. The van der Waals surface area contributed by atoms with Gasteiger partial charge >= 0.3 is 0 Å². The standard InChI is InChI=1S/C14H17N3S2.ClH/c1-2-18-8-10(1)14-16-13(9-19-14)7-17-5-11-3-15-4-12(11)6-17;/h1-2,8-9,11-12,15H,3-7H2;1H/t11-,12+;. The van der Waals surface area contributed by atoms with Gasteiger partial charge in [0.1, 0.15) is 5.01 Å². The van der Waals surface area contributed by atoms with E-state index in [-0.39, 0.29) is 12.4 Å². The van der Waals surface area contributed by atoms with Gasteiger partial charge in [0.25, 0.3) is 0 Å². The Morgan fingerprint density at radius 1 is 1.25 bits per heavy atom. The van der Waals surface area contributed by atoms with E-state index in [4.69, 9.17) is 4.98 Å². The summed E-state index contributed by atoms with van der Waals surface area (Å²) in [5.74, 6) is 1.74. The number of thiazole rings is 1. The van der Waals surface area contributed by atoms with Crippen LogP contribution in [-0.4, -0.2) is 36.1 Å². The van der Waals surface area contributed by atoms with Crippen LogP contribution in [0, 0.1) is 11.8 Å². The maximum absolute atomic E-state index is 4.78. The van der Waals surface area contributed by atoms with Crippen LogP contribution in [0.15, 0.2) is 22.2 Å². The summed E-state index contributed by atoms with van der Waals surface area (Å²) in [6.45, 7) is 5.91. The van der Waals surface area contributed by atoms with Gasteiger partial charge in [-0.3, -0.25) is 4.90 Å². The predicted molar refractivity (Wildman–Crippen MR) is 87.8 cm³/mol. The molecule has 1 N–H and O–H groups in total. The van der Waals surface area contributed by atoms with Crippen LogP contribution in [0.25, 0.3) is 10.6 Å². The largest absolute Gasteiger partial charge is 0.316 e. The number of rotatable bonds is 3. The van der Waals surface area contributed by atoms with Crippen molar-refractivity contribution in [3.63, 3.8) is 0 Å². The van der Waals surface area contributed by atoms with E-state index in [9.17, 15) is 0 Å². The van der Waals surface area contributed by atoms with Crippen molar-refractivity contribution < 1.29 is 0 Å². The molecule has 0 amide bonds. The van der Waals surface area contributed by atoms with Crippen LogP contribution in [0.5, 0.6) is 0 Å². The first-order valence-electron chi connectivity index (χ1n) is 6.78. The lowest BCUT2D eigenvalue weighted by molar-refractivity contribution is 0.302. The Balaban J connectivity index is 0.00000121. The van der Waals surface area contributed by atoms with E-state index < -0.39 is 0 Å². The molecular formula is C14H18ClN3S2. The van der Waals surface area contributed by atoms with E-state index in [1.165, 1.54) is 37.4 Å². The van der Waals surface area contributed by atoms with Crippen molar-refractivity contribution in [1.82, 2.24) is 15.2 Å². The van der Waals surface area contributed by atoms with Crippen LogP contribution in [0.2, 0.25) is 0 Å². The number of nitrogens with zero attached hydrogens (tertiary/aromatic N) is 2. The molecule has 0 saturated carbocycles. The Kier molecular flexibility index (Phi) is 4.43. The number of likely N-dealkylation sites (tertiary alicyclic amines) is 1. The summed E-state index contributed by atoms with van der Waals surface area (Å²) in [5, 5.41) is 11.2. The van der Waals surface area contributed by atoms with Crippen LogP contribution >= 0.6 is 35.1 Å². The van der Waals surface area contributed by atoms with Crippen molar-refractivity contribution in [3.8, 4) is 10.6 Å². The topological polar surface area (TPSA) is 28.2 Å². The number of hydrogen-bond donors (Lipinski definition) is 1. The van der Waals surface area contributed by atoms with Gasteiger partial charge in [0.15, 0.2) is 0 Å². The average molecular weight is 328 g/mol. The lowest BCUT2D eigenvalue weighted by atomic mass is 10.0. The Morgan fingerprint density at radius 3 is 2.75 bits per heavy atom. The summed E-state index contributed by atoms with van der Waals surface area (Å²) < 4.78 is 0. The van der Waals surface area contributed by atoms with Gasteiger partial charge < -0.3 is 5.32 Å². The summed E-state index contributed by atoms with van der Waals surface area (Å²) in [6, 6.07) is 2.15. The number of hydrogen-bond acceptors (Lipinski definition) is 5. The van der Waals surface area contributed by atoms with E-state index in [1.807, 2.05) is 0 Å². The minimum atomic E-state index is 0. The minimum Gasteiger partial charge on any atom is -0.316 e. The molecule has 6 heteroatoms. The van der Waals surface area contributed by atoms with Gasteiger partial charge in [-0.1, -0.05) is 0 Å². The minimum absolute atomic E-state index is 0. The lowest BCUT2D eigenvalue weighted by Gasteiger charge is -2.15. The van der Waals surface area contributed by atoms with Crippen LogP contribution in [0.1, 0.15) is 5.69 Å². The highest BCUT2D eigenvalue weighted by Gasteiger charge is 2.35. The molecule has 2 aliphatic heterocycles. The molecular weight excluding hydrogens is 310 g/mol. The summed E-state index contributed by atoms with van der Waals surface area (Å²) >= 11 is 3.51.